The molecule has 0 bridgehead atoms. The van der Waals surface area contributed by atoms with Gasteiger partial charge in [0.25, 0.3) is 21.8 Å². The molecular formula is C23H22FN3O4S. The van der Waals surface area contributed by atoms with Crippen molar-refractivity contribution in [2.24, 2.45) is 0 Å². The van der Waals surface area contributed by atoms with Crippen molar-refractivity contribution in [1.29, 1.82) is 0 Å². The molecule has 0 aliphatic carbocycles. The Bertz CT molecular complexity index is 1290. The van der Waals surface area contributed by atoms with Crippen molar-refractivity contribution in [3.05, 3.63) is 89.2 Å². The molecule has 0 spiro atoms. The molecule has 0 radical (unpaired) electrons. The standard InChI is InChI=1S/C23H22FN3O4S/c1-15-10-11-20(14-21(15)24)32(30,31)26-19-9-4-6-16(12-19)22(28)25-18-8-5-7-17(13-18)23(29)27(2)3/h4-14,26H,1-3H3,(H,25,28). The van der Waals surface area contributed by atoms with E-state index in [0.29, 0.717) is 16.8 Å². The van der Waals surface area contributed by atoms with E-state index < -0.39 is 21.7 Å². The van der Waals surface area contributed by atoms with Gasteiger partial charge in [0.05, 0.1) is 4.90 Å². The second-order valence-electron chi connectivity index (χ2n) is 7.33. The number of aryl methyl sites for hydroxylation is 1. The van der Waals surface area contributed by atoms with Gasteiger partial charge in [0.15, 0.2) is 0 Å². The molecule has 0 atom stereocenters. The maximum absolute atomic E-state index is 13.8. The summed E-state index contributed by atoms with van der Waals surface area (Å²) in [6, 6.07) is 16.0. The molecule has 3 rings (SSSR count). The van der Waals surface area contributed by atoms with Gasteiger partial charge in [-0.2, -0.15) is 0 Å². The van der Waals surface area contributed by atoms with Gasteiger partial charge in [-0.3, -0.25) is 14.3 Å². The summed E-state index contributed by atoms with van der Waals surface area (Å²) in [6.07, 6.45) is 0. The van der Waals surface area contributed by atoms with Crippen LogP contribution in [0, 0.1) is 12.7 Å². The van der Waals surface area contributed by atoms with E-state index in [2.05, 4.69) is 10.0 Å². The van der Waals surface area contributed by atoms with Crippen LogP contribution in [0.1, 0.15) is 26.3 Å². The van der Waals surface area contributed by atoms with Gasteiger partial charge in [-0.05, 0) is 61.0 Å². The van der Waals surface area contributed by atoms with E-state index in [4.69, 9.17) is 0 Å². The highest BCUT2D eigenvalue weighted by Gasteiger charge is 2.17. The quantitative estimate of drug-likeness (QED) is 0.590. The van der Waals surface area contributed by atoms with Gasteiger partial charge in [0.2, 0.25) is 0 Å². The van der Waals surface area contributed by atoms with Crippen LogP contribution in [0.15, 0.2) is 71.6 Å². The molecule has 166 valence electrons. The average Bonchev–Trinajstić information content (AvgIpc) is 2.75. The van der Waals surface area contributed by atoms with Crippen LogP contribution in [0.4, 0.5) is 15.8 Å². The lowest BCUT2D eigenvalue weighted by atomic mass is 10.1. The van der Waals surface area contributed by atoms with E-state index >= 15 is 0 Å². The first-order valence-corrected chi connectivity index (χ1v) is 11.1. The van der Waals surface area contributed by atoms with Crippen LogP contribution in [-0.4, -0.2) is 39.2 Å². The summed E-state index contributed by atoms with van der Waals surface area (Å²) in [4.78, 5) is 26.0. The van der Waals surface area contributed by atoms with E-state index in [-0.39, 0.29) is 22.1 Å². The molecule has 0 aliphatic rings. The predicted molar refractivity (Wildman–Crippen MR) is 121 cm³/mol. The van der Waals surface area contributed by atoms with Crippen LogP contribution in [0.5, 0.6) is 0 Å². The fourth-order valence-corrected chi connectivity index (χ4v) is 3.93. The molecule has 3 aromatic carbocycles. The van der Waals surface area contributed by atoms with E-state index in [1.807, 2.05) is 0 Å². The summed E-state index contributed by atoms with van der Waals surface area (Å²) < 4.78 is 41.3. The molecule has 2 N–H and O–H groups in total. The van der Waals surface area contributed by atoms with Gasteiger partial charge >= 0.3 is 0 Å². The number of nitrogens with one attached hydrogen (secondary N) is 2. The smallest absolute Gasteiger partial charge is 0.261 e. The zero-order valence-electron chi connectivity index (χ0n) is 17.7. The van der Waals surface area contributed by atoms with Gasteiger partial charge in [-0.25, -0.2) is 12.8 Å². The summed E-state index contributed by atoms with van der Waals surface area (Å²) in [6.45, 7) is 1.54. The van der Waals surface area contributed by atoms with Crippen molar-refractivity contribution < 1.29 is 22.4 Å². The largest absolute Gasteiger partial charge is 0.345 e. The van der Waals surface area contributed by atoms with Crippen LogP contribution in [0.2, 0.25) is 0 Å². The highest BCUT2D eigenvalue weighted by molar-refractivity contribution is 7.92. The molecule has 0 saturated carbocycles. The number of anilines is 2. The highest BCUT2D eigenvalue weighted by atomic mass is 32.2. The van der Waals surface area contributed by atoms with Crippen LogP contribution >= 0.6 is 0 Å². The molecule has 0 unspecified atom stereocenters. The van der Waals surface area contributed by atoms with E-state index in [9.17, 15) is 22.4 Å². The monoisotopic (exact) mass is 455 g/mol. The molecule has 0 aliphatic heterocycles. The molecule has 0 aromatic heterocycles. The van der Waals surface area contributed by atoms with Crippen LogP contribution in [0.25, 0.3) is 0 Å². The number of halogens is 1. The normalized spacial score (nSPS) is 11.0. The number of carbonyl (C=O) groups is 2. The Morgan fingerprint density at radius 3 is 2.16 bits per heavy atom. The van der Waals surface area contributed by atoms with Gasteiger partial charge in [-0.15, -0.1) is 0 Å². The second kappa shape index (κ2) is 9.19. The maximum Gasteiger partial charge on any atom is 0.261 e. The summed E-state index contributed by atoms with van der Waals surface area (Å²) in [7, 11) is -0.781. The van der Waals surface area contributed by atoms with Gasteiger partial charge in [0, 0.05) is 36.6 Å². The minimum atomic E-state index is -4.04. The Morgan fingerprint density at radius 1 is 0.875 bits per heavy atom. The van der Waals surface area contributed by atoms with Crippen molar-refractivity contribution >= 4 is 33.2 Å². The molecule has 0 saturated heterocycles. The fraction of sp³-hybridized carbons (Fsp3) is 0.130. The minimum Gasteiger partial charge on any atom is -0.345 e. The molecule has 9 heteroatoms. The first kappa shape index (κ1) is 23.0. The molecule has 32 heavy (non-hydrogen) atoms. The predicted octanol–water partition coefficient (Wildman–Crippen LogP) is 3.89. The van der Waals surface area contributed by atoms with Crippen molar-refractivity contribution in [3.8, 4) is 0 Å². The van der Waals surface area contributed by atoms with Crippen molar-refractivity contribution in [2.75, 3.05) is 24.1 Å². The van der Waals surface area contributed by atoms with Gasteiger partial charge in [0.1, 0.15) is 5.82 Å². The Balaban J connectivity index is 1.78. The summed E-state index contributed by atoms with van der Waals surface area (Å²) in [5.41, 5.74) is 1.52. The number of hydrogen-bond acceptors (Lipinski definition) is 4. The lowest BCUT2D eigenvalue weighted by molar-refractivity contribution is 0.0827. The minimum absolute atomic E-state index is 0.148. The fourth-order valence-electron chi connectivity index (χ4n) is 2.87. The Morgan fingerprint density at radius 2 is 1.50 bits per heavy atom. The molecule has 2 amide bonds. The van der Waals surface area contributed by atoms with Crippen LogP contribution in [0.3, 0.4) is 0 Å². The zero-order valence-corrected chi connectivity index (χ0v) is 18.5. The van der Waals surface area contributed by atoms with E-state index in [0.717, 1.165) is 6.07 Å². The Hall–Kier alpha value is -3.72. The van der Waals surface area contributed by atoms with Crippen molar-refractivity contribution in [2.45, 2.75) is 11.8 Å². The molecule has 7 nitrogen and oxygen atoms in total. The number of carbonyl (C=O) groups excluding carboxylic acids is 2. The SMILES string of the molecule is Cc1ccc(S(=O)(=O)Nc2cccc(C(=O)Nc3cccc(C(=O)N(C)C)c3)c2)cc1F. The first-order chi connectivity index (χ1) is 15.1. The van der Waals surface area contributed by atoms with Crippen LogP contribution < -0.4 is 10.0 Å². The van der Waals surface area contributed by atoms with E-state index in [1.54, 1.807) is 38.4 Å². The third-order valence-corrected chi connectivity index (χ3v) is 5.98. The van der Waals surface area contributed by atoms with Gasteiger partial charge in [-0.1, -0.05) is 18.2 Å². The highest BCUT2D eigenvalue weighted by Crippen LogP contribution is 2.20. The summed E-state index contributed by atoms with van der Waals surface area (Å²) in [5, 5.41) is 2.69. The number of benzene rings is 3. The molecule has 0 fully saturated rings. The number of amides is 2. The van der Waals surface area contributed by atoms with Crippen molar-refractivity contribution in [3.63, 3.8) is 0 Å². The number of rotatable bonds is 6. The molecular weight excluding hydrogens is 433 g/mol. The lowest BCUT2D eigenvalue weighted by Crippen LogP contribution is -2.22. The number of nitrogens with zero attached hydrogens (tertiary/aromatic N) is 1. The maximum atomic E-state index is 13.8. The summed E-state index contributed by atoms with van der Waals surface area (Å²) in [5.74, 6) is -1.32. The third-order valence-electron chi connectivity index (χ3n) is 4.60. The zero-order chi connectivity index (χ0) is 23.5. The second-order valence-corrected chi connectivity index (χ2v) is 9.01. The Labute approximate surface area is 185 Å². The third kappa shape index (κ3) is 5.30. The number of sulfonamides is 1. The van der Waals surface area contributed by atoms with Gasteiger partial charge < -0.3 is 10.2 Å². The molecule has 3 aromatic rings. The number of hydrogen-bond donors (Lipinski definition) is 2. The lowest BCUT2D eigenvalue weighted by Gasteiger charge is -2.12. The van der Waals surface area contributed by atoms with E-state index in [1.165, 1.54) is 48.2 Å². The topological polar surface area (TPSA) is 95.6 Å². The Kier molecular flexibility index (Phi) is 6.59. The average molecular weight is 456 g/mol. The van der Waals surface area contributed by atoms with Crippen LogP contribution in [-0.2, 0) is 10.0 Å². The molecule has 0 heterocycles. The van der Waals surface area contributed by atoms with Crippen molar-refractivity contribution in [1.82, 2.24) is 4.90 Å². The summed E-state index contributed by atoms with van der Waals surface area (Å²) >= 11 is 0. The first-order valence-electron chi connectivity index (χ1n) is 9.59.